The Balaban J connectivity index is 0.00000242. The van der Waals surface area contributed by atoms with Crippen molar-refractivity contribution in [1.82, 2.24) is 10.6 Å². The molecule has 1 aromatic rings. The van der Waals surface area contributed by atoms with Crippen molar-refractivity contribution >= 4 is 46.3 Å². The lowest BCUT2D eigenvalue weighted by Crippen LogP contribution is -2.48. The van der Waals surface area contributed by atoms with Gasteiger partial charge in [-0.3, -0.25) is 9.38 Å². The Labute approximate surface area is 153 Å². The summed E-state index contributed by atoms with van der Waals surface area (Å²) >= 11 is 1.80. The molecule has 1 aromatic heterocycles. The zero-order valence-electron chi connectivity index (χ0n) is 13.1. The summed E-state index contributed by atoms with van der Waals surface area (Å²) in [5, 5.41) is 10.2. The van der Waals surface area contributed by atoms with E-state index < -0.39 is 0 Å². The molecule has 0 saturated carbocycles. The lowest BCUT2D eigenvalue weighted by Gasteiger charge is -2.33. The number of hydrogen-bond donors (Lipinski definition) is 2. The van der Waals surface area contributed by atoms with Crippen LogP contribution in [0.25, 0.3) is 0 Å². The van der Waals surface area contributed by atoms with Gasteiger partial charge in [-0.15, -0.1) is 35.3 Å². The summed E-state index contributed by atoms with van der Waals surface area (Å²) < 4.78 is 12.2. The maximum absolute atomic E-state index is 12.2. The van der Waals surface area contributed by atoms with Gasteiger partial charge in [-0.25, -0.2) is 0 Å². The van der Waals surface area contributed by atoms with Crippen LogP contribution in [0.3, 0.4) is 0 Å². The van der Waals surface area contributed by atoms with E-state index in [2.05, 4.69) is 38.0 Å². The molecule has 1 aliphatic heterocycles. The third-order valence-corrected chi connectivity index (χ3v) is 4.49. The van der Waals surface area contributed by atoms with Gasteiger partial charge in [0, 0.05) is 32.2 Å². The number of anilines is 1. The quantitative estimate of drug-likeness (QED) is 0.309. The van der Waals surface area contributed by atoms with Crippen molar-refractivity contribution in [3.63, 3.8) is 0 Å². The summed E-state index contributed by atoms with van der Waals surface area (Å²) in [4.78, 5) is 6.85. The molecule has 0 spiro atoms. The minimum Gasteiger partial charge on any atom is -0.363 e. The van der Waals surface area contributed by atoms with Crippen molar-refractivity contribution in [2.75, 3.05) is 37.8 Å². The van der Waals surface area contributed by atoms with E-state index in [1.165, 1.54) is 5.00 Å². The van der Waals surface area contributed by atoms with Gasteiger partial charge >= 0.3 is 0 Å². The third kappa shape index (κ3) is 6.28. The molecule has 126 valence electrons. The van der Waals surface area contributed by atoms with Gasteiger partial charge in [0.1, 0.15) is 0 Å². The number of aliphatic imine (C=N–C) groups is 1. The number of rotatable bonds is 6. The van der Waals surface area contributed by atoms with E-state index in [0.29, 0.717) is 19.0 Å². The normalized spacial score (nSPS) is 16.3. The number of thiophene rings is 1. The van der Waals surface area contributed by atoms with Gasteiger partial charge in [-0.1, -0.05) is 0 Å². The third-order valence-electron chi connectivity index (χ3n) is 3.56. The van der Waals surface area contributed by atoms with Crippen LogP contribution in [-0.2, 0) is 0 Å². The van der Waals surface area contributed by atoms with Crippen LogP contribution in [0.1, 0.15) is 26.2 Å². The Hall–Kier alpha value is -0.570. The highest BCUT2D eigenvalue weighted by molar-refractivity contribution is 14.0. The molecule has 0 atom stereocenters. The maximum atomic E-state index is 12.2. The molecular formula is C15H26FIN4S. The van der Waals surface area contributed by atoms with Gasteiger partial charge in [0.15, 0.2) is 5.96 Å². The smallest absolute Gasteiger partial charge is 0.191 e. The maximum Gasteiger partial charge on any atom is 0.191 e. The molecule has 2 N–H and O–H groups in total. The van der Waals surface area contributed by atoms with Crippen LogP contribution >= 0.6 is 35.3 Å². The molecule has 0 aromatic carbocycles. The second kappa shape index (κ2) is 11.0. The molecule has 22 heavy (non-hydrogen) atoms. The zero-order chi connectivity index (χ0) is 14.9. The molecule has 2 heterocycles. The fraction of sp³-hybridized carbons (Fsp3) is 0.667. The highest BCUT2D eigenvalue weighted by Crippen LogP contribution is 2.24. The summed E-state index contributed by atoms with van der Waals surface area (Å²) in [6, 6.07) is 4.73. The number of nitrogens with one attached hydrogen (secondary N) is 2. The van der Waals surface area contributed by atoms with E-state index in [1.807, 2.05) is 6.92 Å². The Bertz CT molecular complexity index is 419. The molecule has 0 radical (unpaired) electrons. The van der Waals surface area contributed by atoms with Crippen molar-refractivity contribution in [1.29, 1.82) is 0 Å². The molecule has 0 amide bonds. The molecule has 1 fully saturated rings. The summed E-state index contributed by atoms with van der Waals surface area (Å²) in [5.74, 6) is 0.820. The lowest BCUT2D eigenvalue weighted by molar-refractivity contribution is 0.460. The predicted molar refractivity (Wildman–Crippen MR) is 105 cm³/mol. The Kier molecular flexibility index (Phi) is 9.77. The van der Waals surface area contributed by atoms with Crippen LogP contribution in [0.15, 0.2) is 22.5 Å². The average Bonchev–Trinajstić information content (AvgIpc) is 3.03. The van der Waals surface area contributed by atoms with Gasteiger partial charge in [0.25, 0.3) is 0 Å². The Morgan fingerprint density at radius 3 is 2.82 bits per heavy atom. The minimum absolute atomic E-state index is 0. The van der Waals surface area contributed by atoms with Crippen LogP contribution in [0.5, 0.6) is 0 Å². The molecule has 7 heteroatoms. The summed E-state index contributed by atoms with van der Waals surface area (Å²) in [7, 11) is 0. The van der Waals surface area contributed by atoms with E-state index in [0.717, 1.165) is 38.4 Å². The fourth-order valence-corrected chi connectivity index (χ4v) is 3.24. The fourth-order valence-electron chi connectivity index (χ4n) is 2.46. The average molecular weight is 440 g/mol. The van der Waals surface area contributed by atoms with Gasteiger partial charge in [0.05, 0.1) is 11.7 Å². The Morgan fingerprint density at radius 2 is 2.23 bits per heavy atom. The van der Waals surface area contributed by atoms with Crippen LogP contribution in [-0.4, -0.2) is 44.9 Å². The first-order chi connectivity index (χ1) is 10.3. The topological polar surface area (TPSA) is 39.7 Å². The van der Waals surface area contributed by atoms with Crippen molar-refractivity contribution in [3.8, 4) is 0 Å². The first kappa shape index (κ1) is 19.5. The highest BCUT2D eigenvalue weighted by atomic mass is 127. The second-order valence-electron chi connectivity index (χ2n) is 5.16. The number of halogens is 2. The van der Waals surface area contributed by atoms with Crippen LogP contribution in [0, 0.1) is 0 Å². The molecule has 2 rings (SSSR count). The van der Waals surface area contributed by atoms with Gasteiger partial charge in [-0.2, -0.15) is 0 Å². The monoisotopic (exact) mass is 440 g/mol. The summed E-state index contributed by atoms with van der Waals surface area (Å²) in [5.41, 5.74) is 0. The standard InChI is InChI=1S/C15H25FN4S.HI/c1-2-17-15(18-9-4-8-16)19-13-6-10-20(11-7-13)14-5-3-12-21-14;/h3,5,12-13H,2,4,6-11H2,1H3,(H2,17,18,19);1H. The van der Waals surface area contributed by atoms with Crippen molar-refractivity contribution in [2.45, 2.75) is 32.2 Å². The first-order valence-corrected chi connectivity index (χ1v) is 8.60. The summed E-state index contributed by atoms with van der Waals surface area (Å²) in [6.07, 6.45) is 2.70. The molecule has 1 saturated heterocycles. The zero-order valence-corrected chi connectivity index (χ0v) is 16.2. The first-order valence-electron chi connectivity index (χ1n) is 7.72. The predicted octanol–water partition coefficient (Wildman–Crippen LogP) is 3.25. The number of alkyl halides is 1. The van der Waals surface area contributed by atoms with Crippen LogP contribution < -0.4 is 15.5 Å². The number of piperidine rings is 1. The molecule has 0 aliphatic carbocycles. The van der Waals surface area contributed by atoms with E-state index in [4.69, 9.17) is 0 Å². The molecular weight excluding hydrogens is 414 g/mol. The van der Waals surface area contributed by atoms with Crippen molar-refractivity contribution in [3.05, 3.63) is 17.5 Å². The molecule has 0 bridgehead atoms. The van der Waals surface area contributed by atoms with Crippen LogP contribution in [0.4, 0.5) is 9.39 Å². The number of hydrogen-bond acceptors (Lipinski definition) is 3. The molecule has 4 nitrogen and oxygen atoms in total. The van der Waals surface area contributed by atoms with Crippen LogP contribution in [0.2, 0.25) is 0 Å². The molecule has 0 unspecified atom stereocenters. The van der Waals surface area contributed by atoms with E-state index in [9.17, 15) is 4.39 Å². The van der Waals surface area contributed by atoms with E-state index >= 15 is 0 Å². The molecule has 1 aliphatic rings. The largest absolute Gasteiger partial charge is 0.363 e. The van der Waals surface area contributed by atoms with Gasteiger partial charge in [-0.05, 0) is 43.7 Å². The lowest BCUT2D eigenvalue weighted by atomic mass is 10.1. The highest BCUT2D eigenvalue weighted by Gasteiger charge is 2.20. The van der Waals surface area contributed by atoms with Crippen molar-refractivity contribution in [2.24, 2.45) is 4.99 Å². The SMILES string of the molecule is CCNC(=NCCCF)NC1CCN(c2cccs2)CC1.I. The minimum atomic E-state index is -0.303. The second-order valence-corrected chi connectivity index (χ2v) is 6.09. The number of nitrogens with zero attached hydrogens (tertiary/aromatic N) is 2. The van der Waals surface area contributed by atoms with Crippen molar-refractivity contribution < 1.29 is 4.39 Å². The summed E-state index contributed by atoms with van der Waals surface area (Å²) in [6.45, 7) is 5.26. The Morgan fingerprint density at radius 1 is 1.45 bits per heavy atom. The van der Waals surface area contributed by atoms with E-state index in [1.54, 1.807) is 11.3 Å². The van der Waals surface area contributed by atoms with E-state index in [-0.39, 0.29) is 30.7 Å². The van der Waals surface area contributed by atoms with Gasteiger partial charge < -0.3 is 15.5 Å². The van der Waals surface area contributed by atoms with Gasteiger partial charge in [0.2, 0.25) is 0 Å². The number of guanidine groups is 1.